The molecular weight excluding hydrogens is 458 g/mol. The van der Waals surface area contributed by atoms with Gasteiger partial charge in [-0.3, -0.25) is 0 Å². The van der Waals surface area contributed by atoms with Gasteiger partial charge in [0, 0.05) is 21.8 Å². The molecule has 0 bridgehead atoms. The Balaban J connectivity index is 1.69. The van der Waals surface area contributed by atoms with Gasteiger partial charge in [0.25, 0.3) is 0 Å². The van der Waals surface area contributed by atoms with Gasteiger partial charge in [-0.25, -0.2) is 14.8 Å². The third kappa shape index (κ3) is 5.58. The molecule has 0 aliphatic rings. The van der Waals surface area contributed by atoms with Crippen LogP contribution < -0.4 is 10.1 Å². The highest BCUT2D eigenvalue weighted by Crippen LogP contribution is 2.35. The summed E-state index contributed by atoms with van der Waals surface area (Å²) < 4.78 is 5.55. The molecule has 0 saturated carbocycles. The van der Waals surface area contributed by atoms with Gasteiger partial charge in [-0.1, -0.05) is 13.0 Å². The lowest BCUT2D eigenvalue weighted by Gasteiger charge is -2.15. The van der Waals surface area contributed by atoms with E-state index in [1.165, 1.54) is 0 Å². The van der Waals surface area contributed by atoms with E-state index in [9.17, 15) is 9.90 Å². The third-order valence-corrected chi connectivity index (χ3v) is 6.58. The van der Waals surface area contributed by atoms with Crippen LogP contribution in [0.4, 0.5) is 11.5 Å². The maximum atomic E-state index is 11.2. The van der Waals surface area contributed by atoms with Gasteiger partial charge in [-0.15, -0.1) is 17.9 Å². The smallest absolute Gasteiger partial charge is 0.335 e. The van der Waals surface area contributed by atoms with Gasteiger partial charge < -0.3 is 15.2 Å². The highest BCUT2D eigenvalue weighted by Gasteiger charge is 2.16. The van der Waals surface area contributed by atoms with Gasteiger partial charge in [0.2, 0.25) is 0 Å². The number of benzene rings is 2. The van der Waals surface area contributed by atoms with Crippen molar-refractivity contribution in [1.82, 2.24) is 9.97 Å². The Hall–Kier alpha value is -3.97. The van der Waals surface area contributed by atoms with Crippen molar-refractivity contribution < 1.29 is 14.6 Å². The molecule has 178 valence electrons. The Morgan fingerprint density at radius 2 is 1.74 bits per heavy atom. The molecule has 0 spiro atoms. The predicted octanol–water partition coefficient (Wildman–Crippen LogP) is 7.00. The highest BCUT2D eigenvalue weighted by molar-refractivity contribution is 7.18. The highest BCUT2D eigenvalue weighted by atomic mass is 32.1. The van der Waals surface area contributed by atoms with E-state index >= 15 is 0 Å². The molecule has 0 atom stereocenters. The molecule has 0 aliphatic heterocycles. The van der Waals surface area contributed by atoms with Crippen LogP contribution in [-0.2, 0) is 12.8 Å². The zero-order valence-corrected chi connectivity index (χ0v) is 20.6. The standard InChI is InChI=1S/C28H27N3O3S/c1-4-7-22-23(5-2)30-27(31-26(22)29-20-12-8-19(9-13-20)28(32)33)25-17-16-24(35-25)18-10-14-21(15-11-18)34-6-3/h4,8-17H,1,5-7H2,2-3H3,(H,32,33)(H,29,30,31). The van der Waals surface area contributed by atoms with E-state index in [4.69, 9.17) is 14.7 Å². The molecule has 2 aromatic heterocycles. The molecule has 6 nitrogen and oxygen atoms in total. The van der Waals surface area contributed by atoms with Gasteiger partial charge in [0.05, 0.1) is 17.0 Å². The van der Waals surface area contributed by atoms with Crippen LogP contribution in [0, 0.1) is 0 Å². The summed E-state index contributed by atoms with van der Waals surface area (Å²) in [4.78, 5) is 23.0. The summed E-state index contributed by atoms with van der Waals surface area (Å²) in [6, 6.07) is 18.8. The first-order valence-electron chi connectivity index (χ1n) is 11.5. The topological polar surface area (TPSA) is 84.3 Å². The number of allylic oxidation sites excluding steroid dienone is 1. The first-order chi connectivity index (χ1) is 17.0. The van der Waals surface area contributed by atoms with E-state index in [1.807, 2.05) is 31.2 Å². The Labute approximate surface area is 209 Å². The summed E-state index contributed by atoms with van der Waals surface area (Å²) in [5, 5.41) is 12.5. The van der Waals surface area contributed by atoms with Crippen LogP contribution in [0.15, 0.2) is 73.3 Å². The minimum absolute atomic E-state index is 0.236. The molecule has 35 heavy (non-hydrogen) atoms. The van der Waals surface area contributed by atoms with Crippen LogP contribution in [0.2, 0.25) is 0 Å². The maximum absolute atomic E-state index is 11.2. The number of ether oxygens (including phenoxy) is 1. The van der Waals surface area contributed by atoms with E-state index in [2.05, 4.69) is 37.0 Å². The van der Waals surface area contributed by atoms with Crippen LogP contribution in [0.5, 0.6) is 5.75 Å². The largest absolute Gasteiger partial charge is 0.494 e. The second kappa shape index (κ2) is 11.0. The number of aromatic carboxylic acids is 1. The number of rotatable bonds is 10. The van der Waals surface area contributed by atoms with Gasteiger partial charge in [-0.2, -0.15) is 0 Å². The van der Waals surface area contributed by atoms with Crippen molar-refractivity contribution in [3.05, 3.63) is 90.1 Å². The quantitative estimate of drug-likeness (QED) is 0.235. The Morgan fingerprint density at radius 1 is 1.03 bits per heavy atom. The van der Waals surface area contributed by atoms with Gasteiger partial charge in [0.15, 0.2) is 5.82 Å². The predicted molar refractivity (Wildman–Crippen MR) is 142 cm³/mol. The number of nitrogens with zero attached hydrogens (tertiary/aromatic N) is 2. The van der Waals surface area contributed by atoms with Crippen molar-refractivity contribution in [2.75, 3.05) is 11.9 Å². The Morgan fingerprint density at radius 3 is 2.37 bits per heavy atom. The Kier molecular flexibility index (Phi) is 7.57. The fourth-order valence-corrected chi connectivity index (χ4v) is 4.67. The average Bonchev–Trinajstić information content (AvgIpc) is 3.36. The minimum atomic E-state index is -0.956. The number of thiophene rings is 1. The van der Waals surface area contributed by atoms with E-state index in [0.29, 0.717) is 24.7 Å². The van der Waals surface area contributed by atoms with Gasteiger partial charge in [0.1, 0.15) is 11.6 Å². The molecule has 0 saturated heterocycles. The van der Waals surface area contributed by atoms with Crippen molar-refractivity contribution in [3.63, 3.8) is 0 Å². The molecule has 0 aliphatic carbocycles. The van der Waals surface area contributed by atoms with Crippen LogP contribution in [0.1, 0.15) is 35.5 Å². The number of anilines is 2. The zero-order chi connectivity index (χ0) is 24.8. The molecule has 2 heterocycles. The van der Waals surface area contributed by atoms with Crippen molar-refractivity contribution >= 4 is 28.8 Å². The number of hydrogen-bond donors (Lipinski definition) is 2. The molecule has 0 radical (unpaired) electrons. The summed E-state index contributed by atoms with van der Waals surface area (Å²) in [5.74, 6) is 1.25. The summed E-state index contributed by atoms with van der Waals surface area (Å²) in [7, 11) is 0. The number of nitrogens with one attached hydrogen (secondary N) is 1. The third-order valence-electron chi connectivity index (χ3n) is 5.45. The normalized spacial score (nSPS) is 10.7. The number of aryl methyl sites for hydroxylation is 1. The van der Waals surface area contributed by atoms with Crippen molar-refractivity contribution in [2.24, 2.45) is 0 Å². The van der Waals surface area contributed by atoms with E-state index in [1.54, 1.807) is 35.6 Å². The first-order valence-corrected chi connectivity index (χ1v) is 12.3. The fraction of sp³-hybridized carbons (Fsp3) is 0.179. The van der Waals surface area contributed by atoms with Crippen LogP contribution in [-0.4, -0.2) is 27.7 Å². The van der Waals surface area contributed by atoms with E-state index in [-0.39, 0.29) is 5.56 Å². The summed E-state index contributed by atoms with van der Waals surface area (Å²) in [6.07, 6.45) is 3.22. The molecule has 0 unspecified atom stereocenters. The summed E-state index contributed by atoms with van der Waals surface area (Å²) >= 11 is 1.64. The number of aromatic nitrogens is 2. The van der Waals surface area contributed by atoms with Crippen LogP contribution in [0.25, 0.3) is 21.1 Å². The lowest BCUT2D eigenvalue weighted by atomic mass is 10.1. The summed E-state index contributed by atoms with van der Waals surface area (Å²) in [5.41, 5.74) is 4.04. The van der Waals surface area contributed by atoms with E-state index < -0.39 is 5.97 Å². The molecule has 4 rings (SSSR count). The molecule has 7 heteroatoms. The fourth-order valence-electron chi connectivity index (χ4n) is 3.72. The molecule has 2 N–H and O–H groups in total. The molecule has 0 amide bonds. The van der Waals surface area contributed by atoms with Crippen LogP contribution in [0.3, 0.4) is 0 Å². The zero-order valence-electron chi connectivity index (χ0n) is 19.7. The second-order valence-electron chi connectivity index (χ2n) is 7.80. The average molecular weight is 486 g/mol. The van der Waals surface area contributed by atoms with Gasteiger partial charge >= 0.3 is 5.97 Å². The van der Waals surface area contributed by atoms with Crippen LogP contribution >= 0.6 is 11.3 Å². The SMILES string of the molecule is C=CCc1c(CC)nc(-c2ccc(-c3ccc(OCC)cc3)s2)nc1Nc1ccc(C(=O)O)cc1. The lowest BCUT2D eigenvalue weighted by Crippen LogP contribution is -2.07. The number of carboxylic acids is 1. The molecule has 0 fully saturated rings. The summed E-state index contributed by atoms with van der Waals surface area (Å²) in [6.45, 7) is 8.57. The second-order valence-corrected chi connectivity index (χ2v) is 8.88. The van der Waals surface area contributed by atoms with Crippen molar-refractivity contribution in [1.29, 1.82) is 0 Å². The Bertz CT molecular complexity index is 1330. The first kappa shape index (κ1) is 24.2. The monoisotopic (exact) mass is 485 g/mol. The number of carboxylic acid groups (broad SMARTS) is 1. The maximum Gasteiger partial charge on any atom is 0.335 e. The van der Waals surface area contributed by atoms with Crippen molar-refractivity contribution in [2.45, 2.75) is 26.7 Å². The van der Waals surface area contributed by atoms with E-state index in [0.717, 1.165) is 44.4 Å². The van der Waals surface area contributed by atoms with Gasteiger partial charge in [-0.05, 0) is 86.0 Å². The molecule has 4 aromatic rings. The number of carbonyl (C=O) groups is 1. The molecule has 2 aromatic carbocycles. The molecular formula is C28H27N3O3S. The minimum Gasteiger partial charge on any atom is -0.494 e. The number of hydrogen-bond acceptors (Lipinski definition) is 6. The lowest BCUT2D eigenvalue weighted by molar-refractivity contribution is 0.0697. The van der Waals surface area contributed by atoms with Crippen molar-refractivity contribution in [3.8, 4) is 26.9 Å².